The summed E-state index contributed by atoms with van der Waals surface area (Å²) < 4.78 is 43.9. The minimum absolute atomic E-state index is 0.0162. The van der Waals surface area contributed by atoms with E-state index >= 15 is 0 Å². The molecule has 1 aliphatic rings. The van der Waals surface area contributed by atoms with Gasteiger partial charge in [-0.05, 0) is 43.2 Å². The van der Waals surface area contributed by atoms with Crippen LogP contribution in [0.5, 0.6) is 11.5 Å². The van der Waals surface area contributed by atoms with Gasteiger partial charge in [-0.3, -0.25) is 4.79 Å². The first-order valence-electron chi connectivity index (χ1n) is 10.9. The lowest BCUT2D eigenvalue weighted by Gasteiger charge is -2.31. The van der Waals surface area contributed by atoms with Gasteiger partial charge in [-0.15, -0.1) is 0 Å². The van der Waals surface area contributed by atoms with Crippen LogP contribution in [0.4, 0.5) is 5.69 Å². The summed E-state index contributed by atoms with van der Waals surface area (Å²) >= 11 is 6.29. The molecular weight excluding hydrogens is 496 g/mol. The van der Waals surface area contributed by atoms with Crippen molar-refractivity contribution >= 4 is 33.2 Å². The Balaban J connectivity index is 1.55. The number of amides is 1. The summed E-state index contributed by atoms with van der Waals surface area (Å²) in [7, 11) is -0.963. The zero-order valence-corrected chi connectivity index (χ0v) is 21.0. The Morgan fingerprint density at radius 3 is 2.69 bits per heavy atom. The lowest BCUT2D eigenvalue weighted by molar-refractivity contribution is -0.120. The monoisotopic (exact) mass is 520 g/mol. The highest BCUT2D eigenvalue weighted by Gasteiger charge is 2.35. The van der Waals surface area contributed by atoms with Crippen molar-refractivity contribution in [3.63, 3.8) is 0 Å². The van der Waals surface area contributed by atoms with E-state index in [0.717, 1.165) is 0 Å². The smallest absolute Gasteiger partial charge is 0.244 e. The molecule has 1 saturated heterocycles. The number of carbonyl (C=O) groups excluding carboxylic acids is 1. The molecule has 0 spiro atoms. The fraction of sp³-hybridized carbons (Fsp3) is 0.348. The number of carbonyl (C=O) groups is 1. The lowest BCUT2D eigenvalue weighted by atomic mass is 9.98. The van der Waals surface area contributed by atoms with Gasteiger partial charge in [0.05, 0.1) is 30.8 Å². The maximum atomic E-state index is 13.5. The topological polar surface area (TPSA) is 124 Å². The molecule has 0 radical (unpaired) electrons. The number of anilines is 1. The molecule has 1 atom stereocenters. The Morgan fingerprint density at radius 2 is 2.00 bits per heavy atom. The standard InChI is InChI=1S/C23H25ClN4O6S/c1-14-25-22(27-34-14)15-6-8-18(24)21(11-15)35(30,31)28-10-4-5-16(13-28)23(29)26-19-12-17(32-2)7-9-20(19)33-3/h6-9,11-12,16H,4-5,10,13H2,1-3H3,(H,26,29). The number of rotatable bonds is 7. The maximum absolute atomic E-state index is 13.5. The number of hydrogen-bond acceptors (Lipinski definition) is 8. The van der Waals surface area contributed by atoms with Crippen LogP contribution in [0.1, 0.15) is 18.7 Å². The van der Waals surface area contributed by atoms with Crippen LogP contribution in [0.15, 0.2) is 45.8 Å². The molecule has 1 aliphatic heterocycles. The second-order valence-electron chi connectivity index (χ2n) is 8.04. The van der Waals surface area contributed by atoms with E-state index in [-0.39, 0.29) is 34.7 Å². The van der Waals surface area contributed by atoms with Crippen LogP contribution in [-0.4, -0.2) is 56.1 Å². The fourth-order valence-electron chi connectivity index (χ4n) is 3.92. The quantitative estimate of drug-likeness (QED) is 0.499. The summed E-state index contributed by atoms with van der Waals surface area (Å²) in [5.41, 5.74) is 0.907. The first kappa shape index (κ1) is 25.0. The van der Waals surface area contributed by atoms with Crippen molar-refractivity contribution in [3.8, 4) is 22.9 Å². The highest BCUT2D eigenvalue weighted by Crippen LogP contribution is 2.33. The van der Waals surface area contributed by atoms with Crippen molar-refractivity contribution in [1.82, 2.24) is 14.4 Å². The average Bonchev–Trinajstić information content (AvgIpc) is 3.30. The molecule has 1 aromatic heterocycles. The number of sulfonamides is 1. The largest absolute Gasteiger partial charge is 0.497 e. The summed E-state index contributed by atoms with van der Waals surface area (Å²) in [6, 6.07) is 9.59. The molecule has 4 rings (SSSR count). The normalized spacial score (nSPS) is 16.6. The van der Waals surface area contributed by atoms with Gasteiger partial charge in [-0.25, -0.2) is 8.42 Å². The zero-order chi connectivity index (χ0) is 25.2. The van der Waals surface area contributed by atoms with E-state index in [1.165, 1.54) is 30.7 Å². The highest BCUT2D eigenvalue weighted by molar-refractivity contribution is 7.89. The molecule has 1 N–H and O–H groups in total. The van der Waals surface area contributed by atoms with Crippen LogP contribution < -0.4 is 14.8 Å². The fourth-order valence-corrected chi connectivity index (χ4v) is 5.94. The first-order valence-corrected chi connectivity index (χ1v) is 12.7. The molecule has 0 bridgehead atoms. The molecule has 3 aromatic rings. The number of halogens is 1. The second-order valence-corrected chi connectivity index (χ2v) is 10.4. The van der Waals surface area contributed by atoms with Gasteiger partial charge in [0, 0.05) is 31.6 Å². The Bertz CT molecular complexity index is 1340. The van der Waals surface area contributed by atoms with E-state index in [9.17, 15) is 13.2 Å². The average molecular weight is 521 g/mol. The summed E-state index contributed by atoms with van der Waals surface area (Å²) in [4.78, 5) is 17.1. The number of nitrogens with zero attached hydrogens (tertiary/aromatic N) is 3. The molecule has 2 aromatic carbocycles. The van der Waals surface area contributed by atoms with Gasteiger partial charge < -0.3 is 19.3 Å². The van der Waals surface area contributed by atoms with Crippen molar-refractivity contribution in [3.05, 3.63) is 47.3 Å². The molecule has 2 heterocycles. The zero-order valence-electron chi connectivity index (χ0n) is 19.4. The van der Waals surface area contributed by atoms with Gasteiger partial charge in [0.2, 0.25) is 27.6 Å². The van der Waals surface area contributed by atoms with Crippen LogP contribution >= 0.6 is 11.6 Å². The third-order valence-electron chi connectivity index (χ3n) is 5.75. The molecule has 1 fully saturated rings. The SMILES string of the molecule is COc1ccc(OC)c(NC(=O)C2CCCN(S(=O)(=O)c3cc(-c4noc(C)n4)ccc3Cl)C2)c1. The van der Waals surface area contributed by atoms with Crippen LogP contribution in [-0.2, 0) is 14.8 Å². The highest BCUT2D eigenvalue weighted by atomic mass is 35.5. The second kappa shape index (κ2) is 10.2. The van der Waals surface area contributed by atoms with Crippen molar-refractivity contribution in [2.24, 2.45) is 5.92 Å². The van der Waals surface area contributed by atoms with Gasteiger partial charge in [0.15, 0.2) is 0 Å². The van der Waals surface area contributed by atoms with Crippen LogP contribution in [0, 0.1) is 12.8 Å². The number of nitrogens with one attached hydrogen (secondary N) is 1. The number of ether oxygens (including phenoxy) is 2. The van der Waals surface area contributed by atoms with Crippen LogP contribution in [0.2, 0.25) is 5.02 Å². The molecule has 0 saturated carbocycles. The van der Waals surface area contributed by atoms with Gasteiger partial charge in [-0.1, -0.05) is 16.8 Å². The van der Waals surface area contributed by atoms with Gasteiger partial charge in [0.1, 0.15) is 16.4 Å². The van der Waals surface area contributed by atoms with Crippen molar-refractivity contribution < 1.29 is 27.2 Å². The molecule has 0 aliphatic carbocycles. The Morgan fingerprint density at radius 1 is 1.20 bits per heavy atom. The first-order chi connectivity index (χ1) is 16.7. The Kier molecular flexibility index (Phi) is 7.29. The maximum Gasteiger partial charge on any atom is 0.244 e. The number of hydrogen-bond donors (Lipinski definition) is 1. The van der Waals surface area contributed by atoms with E-state index in [1.54, 1.807) is 31.2 Å². The number of benzene rings is 2. The molecule has 186 valence electrons. The lowest BCUT2D eigenvalue weighted by Crippen LogP contribution is -2.43. The Hall–Kier alpha value is -3.15. The third kappa shape index (κ3) is 5.26. The molecule has 12 heteroatoms. The summed E-state index contributed by atoms with van der Waals surface area (Å²) in [6.45, 7) is 1.93. The summed E-state index contributed by atoms with van der Waals surface area (Å²) in [5, 5.41) is 6.76. The minimum Gasteiger partial charge on any atom is -0.497 e. The van der Waals surface area contributed by atoms with E-state index in [0.29, 0.717) is 41.5 Å². The summed E-state index contributed by atoms with van der Waals surface area (Å²) in [6.07, 6.45) is 1.06. The van der Waals surface area contributed by atoms with Gasteiger partial charge in [0.25, 0.3) is 0 Å². The molecule has 1 unspecified atom stereocenters. The van der Waals surface area contributed by atoms with E-state index in [4.69, 9.17) is 25.6 Å². The van der Waals surface area contributed by atoms with Crippen LogP contribution in [0.25, 0.3) is 11.4 Å². The minimum atomic E-state index is -3.99. The molecule has 1 amide bonds. The van der Waals surface area contributed by atoms with E-state index in [2.05, 4.69) is 15.5 Å². The van der Waals surface area contributed by atoms with Gasteiger partial charge in [-0.2, -0.15) is 9.29 Å². The Labute approximate surface area is 208 Å². The molecular formula is C23H25ClN4O6S. The van der Waals surface area contributed by atoms with Crippen LogP contribution in [0.3, 0.4) is 0 Å². The van der Waals surface area contributed by atoms with Crippen molar-refractivity contribution in [1.29, 1.82) is 0 Å². The van der Waals surface area contributed by atoms with Crippen molar-refractivity contribution in [2.45, 2.75) is 24.7 Å². The van der Waals surface area contributed by atoms with E-state index < -0.39 is 15.9 Å². The van der Waals surface area contributed by atoms with Gasteiger partial charge >= 0.3 is 0 Å². The number of aromatic nitrogens is 2. The summed E-state index contributed by atoms with van der Waals surface area (Å²) in [5.74, 6) is 0.783. The number of methoxy groups -OCH3 is 2. The predicted molar refractivity (Wildman–Crippen MR) is 129 cm³/mol. The third-order valence-corrected chi connectivity index (χ3v) is 8.10. The van der Waals surface area contributed by atoms with E-state index in [1.807, 2.05) is 0 Å². The predicted octanol–water partition coefficient (Wildman–Crippen LogP) is 3.76. The number of piperidine rings is 1. The number of aryl methyl sites for hydroxylation is 1. The molecule has 35 heavy (non-hydrogen) atoms. The molecule has 10 nitrogen and oxygen atoms in total. The van der Waals surface area contributed by atoms with Crippen molar-refractivity contribution in [2.75, 3.05) is 32.6 Å².